The van der Waals surface area contributed by atoms with Gasteiger partial charge in [0.05, 0.1) is 0 Å². The quantitative estimate of drug-likeness (QED) is 0.563. The summed E-state index contributed by atoms with van der Waals surface area (Å²) in [5.74, 6) is 0. The SMILES string of the molecule is O=CC1=C/C=C\C(C=O)=C/N=C1. The van der Waals surface area contributed by atoms with E-state index in [9.17, 15) is 9.59 Å². The zero-order chi connectivity index (χ0) is 8.81. The molecule has 0 N–H and O–H groups in total. The van der Waals surface area contributed by atoms with Crippen molar-refractivity contribution in [2.75, 3.05) is 0 Å². The molecule has 0 unspecified atom stereocenters. The first-order valence-corrected chi connectivity index (χ1v) is 3.39. The van der Waals surface area contributed by atoms with Crippen LogP contribution in [0.1, 0.15) is 0 Å². The van der Waals surface area contributed by atoms with Crippen LogP contribution in [0.3, 0.4) is 0 Å². The van der Waals surface area contributed by atoms with Gasteiger partial charge in [-0.2, -0.15) is 0 Å². The van der Waals surface area contributed by atoms with E-state index in [0.29, 0.717) is 23.7 Å². The fourth-order valence-electron chi connectivity index (χ4n) is 0.705. The van der Waals surface area contributed by atoms with Gasteiger partial charge in [-0.15, -0.1) is 0 Å². The molecule has 0 atom stereocenters. The van der Waals surface area contributed by atoms with Gasteiger partial charge in [0.2, 0.25) is 0 Å². The van der Waals surface area contributed by atoms with Gasteiger partial charge in [-0.05, 0) is 0 Å². The molecule has 0 bridgehead atoms. The van der Waals surface area contributed by atoms with Gasteiger partial charge in [-0.3, -0.25) is 14.6 Å². The lowest BCUT2D eigenvalue weighted by atomic mass is 10.2. The lowest BCUT2D eigenvalue weighted by Gasteiger charge is -1.91. The Morgan fingerprint density at radius 2 is 1.92 bits per heavy atom. The van der Waals surface area contributed by atoms with Gasteiger partial charge in [0.25, 0.3) is 0 Å². The summed E-state index contributed by atoms with van der Waals surface area (Å²) in [6.07, 6.45) is 9.02. The van der Waals surface area contributed by atoms with Crippen molar-refractivity contribution in [2.24, 2.45) is 4.99 Å². The molecular weight excluding hydrogens is 154 g/mol. The first-order valence-electron chi connectivity index (χ1n) is 3.39. The predicted octanol–water partition coefficient (Wildman–Crippen LogP) is 0.835. The molecule has 60 valence electrons. The second-order valence-corrected chi connectivity index (χ2v) is 2.17. The molecule has 1 aliphatic heterocycles. The van der Waals surface area contributed by atoms with Gasteiger partial charge >= 0.3 is 0 Å². The number of allylic oxidation sites excluding steroid dienone is 5. The average molecular weight is 161 g/mol. The predicted molar refractivity (Wildman–Crippen MR) is 45.9 cm³/mol. The zero-order valence-corrected chi connectivity index (χ0v) is 6.31. The Balaban J connectivity index is 2.90. The summed E-state index contributed by atoms with van der Waals surface area (Å²) in [4.78, 5) is 24.4. The van der Waals surface area contributed by atoms with Crippen LogP contribution in [-0.4, -0.2) is 18.8 Å². The number of carbonyl (C=O) groups excluding carboxylic acids is 2. The van der Waals surface area contributed by atoms with Crippen LogP contribution >= 0.6 is 0 Å². The smallest absolute Gasteiger partial charge is 0.151 e. The fourth-order valence-corrected chi connectivity index (χ4v) is 0.705. The van der Waals surface area contributed by atoms with Crippen LogP contribution in [0.25, 0.3) is 0 Å². The molecule has 1 aliphatic rings. The van der Waals surface area contributed by atoms with Gasteiger partial charge < -0.3 is 0 Å². The molecule has 0 aliphatic carbocycles. The third-order valence-electron chi connectivity index (χ3n) is 1.30. The van der Waals surface area contributed by atoms with E-state index in [4.69, 9.17) is 0 Å². The summed E-state index contributed by atoms with van der Waals surface area (Å²) in [6.45, 7) is 0. The molecule has 0 fully saturated rings. The Hall–Kier alpha value is -1.77. The van der Waals surface area contributed by atoms with E-state index >= 15 is 0 Å². The minimum absolute atomic E-state index is 0.479. The Morgan fingerprint density at radius 1 is 1.17 bits per heavy atom. The van der Waals surface area contributed by atoms with Crippen LogP contribution in [-0.2, 0) is 9.59 Å². The Kier molecular flexibility index (Phi) is 2.90. The summed E-state index contributed by atoms with van der Waals surface area (Å²) < 4.78 is 0. The minimum Gasteiger partial charge on any atom is -0.298 e. The van der Waals surface area contributed by atoms with Crippen LogP contribution in [0.15, 0.2) is 40.6 Å². The van der Waals surface area contributed by atoms with E-state index in [0.717, 1.165) is 0 Å². The molecule has 12 heavy (non-hydrogen) atoms. The fraction of sp³-hybridized carbons (Fsp3) is 0. The van der Waals surface area contributed by atoms with Crippen LogP contribution in [0.5, 0.6) is 0 Å². The van der Waals surface area contributed by atoms with Crippen LogP contribution in [0, 0.1) is 0 Å². The van der Waals surface area contributed by atoms with Crippen molar-refractivity contribution in [1.82, 2.24) is 0 Å². The van der Waals surface area contributed by atoms with Crippen molar-refractivity contribution in [3.63, 3.8) is 0 Å². The van der Waals surface area contributed by atoms with Gasteiger partial charge in [-0.1, -0.05) is 18.2 Å². The van der Waals surface area contributed by atoms with E-state index in [-0.39, 0.29) is 0 Å². The second-order valence-electron chi connectivity index (χ2n) is 2.17. The van der Waals surface area contributed by atoms with Crippen molar-refractivity contribution in [3.8, 4) is 0 Å². The Morgan fingerprint density at radius 3 is 2.58 bits per heavy atom. The summed E-state index contributed by atoms with van der Waals surface area (Å²) in [5.41, 5.74) is 0.958. The highest BCUT2D eigenvalue weighted by Crippen LogP contribution is 1.98. The molecular formula is C9H7NO2. The molecule has 0 amide bonds. The number of aliphatic imine (C=N–C) groups is 1. The molecule has 3 heteroatoms. The summed E-state index contributed by atoms with van der Waals surface area (Å²) >= 11 is 0. The van der Waals surface area contributed by atoms with E-state index in [1.807, 2.05) is 0 Å². The third-order valence-corrected chi connectivity index (χ3v) is 1.30. The first-order chi connectivity index (χ1) is 5.86. The second kappa shape index (κ2) is 4.18. The molecule has 0 spiro atoms. The van der Waals surface area contributed by atoms with Crippen LogP contribution in [0.4, 0.5) is 0 Å². The Labute approximate surface area is 69.8 Å². The number of carbonyl (C=O) groups is 2. The van der Waals surface area contributed by atoms with Gasteiger partial charge in [0.15, 0.2) is 12.6 Å². The van der Waals surface area contributed by atoms with Crippen LogP contribution < -0.4 is 0 Å². The van der Waals surface area contributed by atoms with Crippen LogP contribution in [0.2, 0.25) is 0 Å². The molecule has 3 nitrogen and oxygen atoms in total. The lowest BCUT2D eigenvalue weighted by molar-refractivity contribution is -0.105. The van der Waals surface area contributed by atoms with Gasteiger partial charge in [0.1, 0.15) is 0 Å². The highest BCUT2D eigenvalue weighted by molar-refractivity contribution is 6.02. The number of rotatable bonds is 2. The summed E-state index contributed by atoms with van der Waals surface area (Å²) in [7, 11) is 0. The zero-order valence-electron chi connectivity index (χ0n) is 6.31. The molecule has 0 aromatic heterocycles. The average Bonchev–Trinajstić information content (AvgIpc) is 2.05. The standard InChI is InChI=1S/C9H7NO2/c11-6-8-2-1-3-9(7-12)5-10-4-8/h1-7H/b2-1-,3-1?,8-2?,8-4+,9-3?,9-5?,10-4?,10-5?. The van der Waals surface area contributed by atoms with E-state index in [1.165, 1.54) is 12.4 Å². The molecule has 0 radical (unpaired) electrons. The monoisotopic (exact) mass is 161 g/mol. The molecule has 0 aromatic rings. The van der Waals surface area contributed by atoms with Gasteiger partial charge in [-0.25, -0.2) is 0 Å². The van der Waals surface area contributed by atoms with Gasteiger partial charge in [0, 0.05) is 23.6 Å². The lowest BCUT2D eigenvalue weighted by Crippen LogP contribution is -1.87. The first kappa shape index (κ1) is 8.33. The maximum atomic E-state index is 10.3. The topological polar surface area (TPSA) is 46.5 Å². The normalized spacial score (nSPS) is 22.7. The summed E-state index contributed by atoms with van der Waals surface area (Å²) in [5, 5.41) is 0. The van der Waals surface area contributed by atoms with E-state index in [1.54, 1.807) is 18.2 Å². The number of hydrogen-bond acceptors (Lipinski definition) is 3. The van der Waals surface area contributed by atoms with Crippen molar-refractivity contribution in [3.05, 3.63) is 35.6 Å². The maximum absolute atomic E-state index is 10.3. The van der Waals surface area contributed by atoms with Crippen molar-refractivity contribution in [2.45, 2.75) is 0 Å². The molecule has 0 aromatic carbocycles. The Bertz CT molecular complexity index is 276. The molecule has 0 saturated carbocycles. The maximum Gasteiger partial charge on any atom is 0.151 e. The molecule has 1 rings (SSSR count). The van der Waals surface area contributed by atoms with E-state index in [2.05, 4.69) is 4.99 Å². The molecule has 1 heterocycles. The highest BCUT2D eigenvalue weighted by Gasteiger charge is 1.91. The third kappa shape index (κ3) is 2.12. The largest absolute Gasteiger partial charge is 0.298 e. The number of hydrogen-bond donors (Lipinski definition) is 0. The highest BCUT2D eigenvalue weighted by atomic mass is 16.1. The van der Waals surface area contributed by atoms with Crippen molar-refractivity contribution in [1.29, 1.82) is 0 Å². The van der Waals surface area contributed by atoms with E-state index < -0.39 is 0 Å². The minimum atomic E-state index is 0.479. The van der Waals surface area contributed by atoms with Crippen molar-refractivity contribution < 1.29 is 9.59 Å². The number of nitrogens with zero attached hydrogens (tertiary/aromatic N) is 1. The summed E-state index contributed by atoms with van der Waals surface area (Å²) in [6, 6.07) is 0. The van der Waals surface area contributed by atoms with Crippen molar-refractivity contribution >= 4 is 18.8 Å². The molecule has 0 saturated heterocycles. The number of aldehydes is 2.